The normalized spacial score (nSPS) is 18.1. The smallest absolute Gasteiger partial charge is 0.264 e. The zero-order valence-electron chi connectivity index (χ0n) is 19.3. The summed E-state index contributed by atoms with van der Waals surface area (Å²) in [5, 5.41) is 23.6. The molecule has 1 aliphatic rings. The molecular formula is C28H27BrN2O4. The summed E-state index contributed by atoms with van der Waals surface area (Å²) in [7, 11) is 0. The van der Waals surface area contributed by atoms with E-state index in [9.17, 15) is 14.7 Å². The van der Waals surface area contributed by atoms with Crippen molar-refractivity contribution in [1.82, 2.24) is 0 Å². The lowest BCUT2D eigenvalue weighted by Gasteiger charge is -2.27. The lowest BCUT2D eigenvalue weighted by molar-refractivity contribution is -0.139. The van der Waals surface area contributed by atoms with Crippen LogP contribution < -0.4 is 10.2 Å². The molecule has 6 nitrogen and oxygen atoms in total. The Morgan fingerprint density at radius 3 is 2.51 bits per heavy atom. The molecule has 0 saturated carbocycles. The van der Waals surface area contributed by atoms with Crippen LogP contribution >= 0.6 is 15.9 Å². The first-order valence-corrected chi connectivity index (χ1v) is 12.2. The van der Waals surface area contributed by atoms with Gasteiger partial charge in [0.15, 0.2) is 5.60 Å². The zero-order chi connectivity index (χ0) is 25.0. The van der Waals surface area contributed by atoms with Gasteiger partial charge in [-0.2, -0.15) is 0 Å². The van der Waals surface area contributed by atoms with Gasteiger partial charge in [-0.1, -0.05) is 65.3 Å². The number of benzene rings is 3. The molecule has 180 valence electrons. The number of hydrogen-bond donors (Lipinski definition) is 3. The number of nitrogens with one attached hydrogen (secondary N) is 1. The summed E-state index contributed by atoms with van der Waals surface area (Å²) < 4.78 is 0.773. The summed E-state index contributed by atoms with van der Waals surface area (Å²) in [4.78, 5) is 27.6. The zero-order valence-corrected chi connectivity index (χ0v) is 20.9. The SMILES string of the molecule is C[C@H](/C=C/CCO)[C@@]1(O)C(=O)N(Cc2ccc(NC(=O)c3ccccc3)cc2)c2ccc(Br)cc21. The van der Waals surface area contributed by atoms with Gasteiger partial charge in [-0.3, -0.25) is 9.59 Å². The Morgan fingerprint density at radius 2 is 1.83 bits per heavy atom. The van der Waals surface area contributed by atoms with Gasteiger partial charge in [-0.05, 0) is 54.4 Å². The minimum Gasteiger partial charge on any atom is -0.396 e. The van der Waals surface area contributed by atoms with Gasteiger partial charge in [-0.15, -0.1) is 0 Å². The number of aliphatic hydroxyl groups excluding tert-OH is 1. The van der Waals surface area contributed by atoms with Crippen LogP contribution in [0.4, 0.5) is 11.4 Å². The van der Waals surface area contributed by atoms with Crippen molar-refractivity contribution in [3.8, 4) is 0 Å². The Kier molecular flexibility index (Phi) is 7.50. The fraction of sp³-hybridized carbons (Fsp3) is 0.214. The second-order valence-electron chi connectivity index (χ2n) is 8.57. The second kappa shape index (κ2) is 10.6. The van der Waals surface area contributed by atoms with Crippen LogP contribution in [0, 0.1) is 5.92 Å². The van der Waals surface area contributed by atoms with Crippen LogP contribution in [0.3, 0.4) is 0 Å². The molecule has 0 unspecified atom stereocenters. The number of nitrogens with zero attached hydrogens (tertiary/aromatic N) is 1. The minimum atomic E-state index is -1.71. The van der Waals surface area contributed by atoms with Crippen molar-refractivity contribution in [1.29, 1.82) is 0 Å². The highest BCUT2D eigenvalue weighted by Crippen LogP contribution is 2.46. The highest BCUT2D eigenvalue weighted by molar-refractivity contribution is 9.10. The second-order valence-corrected chi connectivity index (χ2v) is 9.48. The van der Waals surface area contributed by atoms with Crippen molar-refractivity contribution in [3.63, 3.8) is 0 Å². The van der Waals surface area contributed by atoms with E-state index < -0.39 is 17.4 Å². The Balaban J connectivity index is 1.55. The molecule has 0 aliphatic carbocycles. The molecule has 0 bridgehead atoms. The summed E-state index contributed by atoms with van der Waals surface area (Å²) in [5.74, 6) is -1.08. The van der Waals surface area contributed by atoms with Crippen molar-refractivity contribution in [2.45, 2.75) is 25.5 Å². The maximum absolute atomic E-state index is 13.6. The van der Waals surface area contributed by atoms with Gasteiger partial charge in [0, 0.05) is 33.8 Å². The fourth-order valence-corrected chi connectivity index (χ4v) is 4.62. The minimum absolute atomic E-state index is 0.00561. The molecular weight excluding hydrogens is 508 g/mol. The summed E-state index contributed by atoms with van der Waals surface area (Å²) >= 11 is 3.45. The highest BCUT2D eigenvalue weighted by Gasteiger charge is 2.52. The van der Waals surface area contributed by atoms with Gasteiger partial charge >= 0.3 is 0 Å². The van der Waals surface area contributed by atoms with E-state index in [0.717, 1.165) is 10.0 Å². The van der Waals surface area contributed by atoms with Crippen molar-refractivity contribution >= 4 is 39.1 Å². The number of aliphatic hydroxyl groups is 2. The number of halogens is 1. The van der Waals surface area contributed by atoms with E-state index in [1.807, 2.05) is 42.5 Å². The van der Waals surface area contributed by atoms with Gasteiger partial charge in [0.1, 0.15) is 0 Å². The Morgan fingerprint density at radius 1 is 1.11 bits per heavy atom. The summed E-state index contributed by atoms with van der Waals surface area (Å²) in [6.07, 6.45) is 4.00. The van der Waals surface area contributed by atoms with E-state index in [1.54, 1.807) is 54.3 Å². The number of rotatable bonds is 8. The number of amides is 2. The van der Waals surface area contributed by atoms with Crippen LogP contribution in [-0.2, 0) is 16.9 Å². The van der Waals surface area contributed by atoms with Crippen LogP contribution in [0.5, 0.6) is 0 Å². The van der Waals surface area contributed by atoms with Crippen LogP contribution in [0.2, 0.25) is 0 Å². The van der Waals surface area contributed by atoms with E-state index in [1.165, 1.54) is 0 Å². The van der Waals surface area contributed by atoms with E-state index >= 15 is 0 Å². The monoisotopic (exact) mass is 534 g/mol. The van der Waals surface area contributed by atoms with Crippen LogP contribution in [0.25, 0.3) is 0 Å². The largest absolute Gasteiger partial charge is 0.396 e. The van der Waals surface area contributed by atoms with Gasteiger partial charge in [0.05, 0.1) is 12.2 Å². The Bertz CT molecular complexity index is 1240. The lowest BCUT2D eigenvalue weighted by atomic mass is 9.83. The molecule has 0 aromatic heterocycles. The van der Waals surface area contributed by atoms with E-state index in [2.05, 4.69) is 21.2 Å². The third kappa shape index (κ3) is 5.07. The standard InChI is InChI=1S/C28H27BrN2O4/c1-19(7-5-6-16-32)28(35)24-17-22(29)12-15-25(24)31(27(28)34)18-20-10-13-23(14-11-20)30-26(33)21-8-3-2-4-9-21/h2-5,7-15,17,19,32,35H,6,16,18H2,1H3,(H,30,33)/b7-5+/t19-,28+/m1/s1. The van der Waals surface area contributed by atoms with Gasteiger partial charge < -0.3 is 20.4 Å². The third-order valence-corrected chi connectivity index (χ3v) is 6.69. The van der Waals surface area contributed by atoms with Crippen molar-refractivity contribution in [2.75, 3.05) is 16.8 Å². The molecule has 1 heterocycles. The maximum atomic E-state index is 13.6. The first-order valence-electron chi connectivity index (χ1n) is 11.4. The first-order chi connectivity index (χ1) is 16.8. The Hall–Kier alpha value is -3.26. The summed E-state index contributed by atoms with van der Waals surface area (Å²) in [6, 6.07) is 21.7. The van der Waals surface area contributed by atoms with Gasteiger partial charge in [-0.25, -0.2) is 0 Å². The van der Waals surface area contributed by atoms with Crippen molar-refractivity contribution in [3.05, 3.63) is 106 Å². The molecule has 0 saturated heterocycles. The predicted molar refractivity (Wildman–Crippen MR) is 140 cm³/mol. The number of carbonyl (C=O) groups excluding carboxylic acids is 2. The average molecular weight is 535 g/mol. The summed E-state index contributed by atoms with van der Waals surface area (Å²) in [6.45, 7) is 2.07. The molecule has 7 heteroatoms. The molecule has 3 aromatic rings. The number of hydrogen-bond acceptors (Lipinski definition) is 4. The van der Waals surface area contributed by atoms with E-state index in [4.69, 9.17) is 5.11 Å². The molecule has 1 aliphatic heterocycles. The lowest BCUT2D eigenvalue weighted by Crippen LogP contribution is -2.44. The maximum Gasteiger partial charge on any atom is 0.264 e. The molecule has 4 rings (SSSR count). The van der Waals surface area contributed by atoms with Crippen molar-refractivity contribution in [2.24, 2.45) is 5.92 Å². The molecule has 35 heavy (non-hydrogen) atoms. The molecule has 3 N–H and O–H groups in total. The van der Waals surface area contributed by atoms with Gasteiger partial charge in [0.25, 0.3) is 11.8 Å². The quantitative estimate of drug-likeness (QED) is 0.354. The number of fused-ring (bicyclic) bond motifs is 1. The molecule has 0 spiro atoms. The third-order valence-electron chi connectivity index (χ3n) is 6.20. The topological polar surface area (TPSA) is 89.9 Å². The van der Waals surface area contributed by atoms with Crippen LogP contribution in [0.1, 0.15) is 34.8 Å². The average Bonchev–Trinajstić information content (AvgIpc) is 3.08. The van der Waals surface area contributed by atoms with E-state index in [0.29, 0.717) is 28.9 Å². The van der Waals surface area contributed by atoms with Crippen LogP contribution in [-0.4, -0.2) is 28.6 Å². The summed E-state index contributed by atoms with van der Waals surface area (Å²) in [5.41, 5.74) is 1.57. The molecule has 3 aromatic carbocycles. The Labute approximate surface area is 213 Å². The predicted octanol–water partition coefficient (Wildman–Crippen LogP) is 5.01. The van der Waals surface area contributed by atoms with E-state index in [-0.39, 0.29) is 19.1 Å². The highest BCUT2D eigenvalue weighted by atomic mass is 79.9. The first kappa shape index (κ1) is 24.9. The van der Waals surface area contributed by atoms with Crippen molar-refractivity contribution < 1.29 is 19.8 Å². The number of carbonyl (C=O) groups is 2. The van der Waals surface area contributed by atoms with Crippen LogP contribution in [0.15, 0.2) is 89.4 Å². The molecule has 2 atom stereocenters. The fourth-order valence-electron chi connectivity index (χ4n) is 4.26. The number of anilines is 2. The molecule has 2 amide bonds. The van der Waals surface area contributed by atoms with Gasteiger partial charge in [0.2, 0.25) is 0 Å². The molecule has 0 fully saturated rings. The molecule has 0 radical (unpaired) electrons.